The third-order valence-corrected chi connectivity index (χ3v) is 4.67. The maximum Gasteiger partial charge on any atom is 0.318 e. The second kappa shape index (κ2) is 10.5. The van der Waals surface area contributed by atoms with Crippen molar-refractivity contribution in [1.82, 2.24) is 10.2 Å². The summed E-state index contributed by atoms with van der Waals surface area (Å²) < 4.78 is 0. The highest BCUT2D eigenvalue weighted by Crippen LogP contribution is 2.27. The minimum atomic E-state index is -0.0707. The van der Waals surface area contributed by atoms with Gasteiger partial charge in [-0.15, -0.1) is 0 Å². The van der Waals surface area contributed by atoms with Gasteiger partial charge < -0.3 is 20.4 Å². The molecule has 1 atom stereocenters. The van der Waals surface area contributed by atoms with Gasteiger partial charge in [0.15, 0.2) is 0 Å². The average Bonchev–Trinajstić information content (AvgIpc) is 2.56. The van der Waals surface area contributed by atoms with E-state index in [1.165, 1.54) is 0 Å². The zero-order chi connectivity index (χ0) is 22.4. The van der Waals surface area contributed by atoms with Gasteiger partial charge in [0, 0.05) is 50.5 Å². The largest absolute Gasteiger partial charge is 0.377 e. The van der Waals surface area contributed by atoms with Crippen LogP contribution in [-0.2, 0) is 11.3 Å². The van der Waals surface area contributed by atoms with Gasteiger partial charge >= 0.3 is 6.03 Å². The third-order valence-electron chi connectivity index (χ3n) is 4.67. The molecule has 0 saturated carbocycles. The lowest BCUT2D eigenvalue weighted by Crippen LogP contribution is -2.46. The minimum Gasteiger partial charge on any atom is -0.377 e. The molecule has 0 spiro atoms. The van der Waals surface area contributed by atoms with Gasteiger partial charge in [0.25, 0.3) is 0 Å². The summed E-state index contributed by atoms with van der Waals surface area (Å²) in [6, 6.07) is 6.00. The lowest BCUT2D eigenvalue weighted by atomic mass is 9.92. The lowest BCUT2D eigenvalue weighted by molar-refractivity contribution is -0.117. The fraction of sp³-hybridized carbons (Fsp3) is 0.652. The van der Waals surface area contributed by atoms with Crippen LogP contribution in [0.5, 0.6) is 0 Å². The topological polar surface area (TPSA) is 64.7 Å². The summed E-state index contributed by atoms with van der Waals surface area (Å²) in [4.78, 5) is 29.1. The van der Waals surface area contributed by atoms with Crippen molar-refractivity contribution >= 4 is 23.3 Å². The molecule has 1 aromatic rings. The average molecular weight is 405 g/mol. The van der Waals surface area contributed by atoms with Gasteiger partial charge in [0.05, 0.1) is 0 Å². The number of amides is 3. The van der Waals surface area contributed by atoms with E-state index < -0.39 is 0 Å². The molecule has 0 bridgehead atoms. The van der Waals surface area contributed by atoms with Gasteiger partial charge in [-0.05, 0) is 56.4 Å². The summed E-state index contributed by atoms with van der Waals surface area (Å²) in [6.07, 6.45) is 1.32. The van der Waals surface area contributed by atoms with Crippen LogP contribution in [0, 0.1) is 5.41 Å². The van der Waals surface area contributed by atoms with Crippen LogP contribution in [0.4, 0.5) is 16.2 Å². The molecular formula is C23H40N4O2. The lowest BCUT2D eigenvalue weighted by Gasteiger charge is -2.31. The van der Waals surface area contributed by atoms with E-state index in [1.807, 2.05) is 76.7 Å². The Morgan fingerprint density at radius 3 is 2.21 bits per heavy atom. The molecular weight excluding hydrogens is 364 g/mol. The number of nitrogens with one attached hydrogen (secondary N) is 2. The molecule has 29 heavy (non-hydrogen) atoms. The number of carbonyl (C=O) groups is 2. The SMILES string of the molecule is CC[C@@H](C)N(Cc1cc(NC(=O)CC(C)(C)C)ccc1N(C)C)C(=O)NC(C)C. The molecule has 0 aliphatic carbocycles. The number of hydrogen-bond acceptors (Lipinski definition) is 3. The number of carbonyl (C=O) groups excluding carboxylic acids is 2. The second-order valence-electron chi connectivity index (χ2n) is 9.51. The molecule has 0 unspecified atom stereocenters. The Morgan fingerprint density at radius 2 is 1.72 bits per heavy atom. The molecule has 0 fully saturated rings. The smallest absolute Gasteiger partial charge is 0.318 e. The molecule has 164 valence electrons. The molecule has 0 radical (unpaired) electrons. The Labute approximate surface area is 177 Å². The molecule has 0 saturated heterocycles. The molecule has 6 nitrogen and oxygen atoms in total. The molecule has 1 aromatic carbocycles. The number of nitrogens with zero attached hydrogens (tertiary/aromatic N) is 2. The van der Waals surface area contributed by atoms with Crippen molar-refractivity contribution < 1.29 is 9.59 Å². The van der Waals surface area contributed by atoms with Crippen molar-refractivity contribution in [1.29, 1.82) is 0 Å². The van der Waals surface area contributed by atoms with E-state index in [4.69, 9.17) is 0 Å². The number of benzene rings is 1. The van der Waals surface area contributed by atoms with E-state index in [0.29, 0.717) is 13.0 Å². The molecule has 3 amide bonds. The first-order valence-electron chi connectivity index (χ1n) is 10.5. The van der Waals surface area contributed by atoms with E-state index in [1.54, 1.807) is 0 Å². The number of anilines is 2. The summed E-state index contributed by atoms with van der Waals surface area (Å²) in [7, 11) is 3.97. The predicted octanol–water partition coefficient (Wildman–Crippen LogP) is 4.85. The fourth-order valence-corrected chi connectivity index (χ4v) is 3.07. The van der Waals surface area contributed by atoms with Gasteiger partial charge in [0.2, 0.25) is 5.91 Å². The van der Waals surface area contributed by atoms with Gasteiger partial charge in [-0.1, -0.05) is 27.7 Å². The molecule has 6 heteroatoms. The van der Waals surface area contributed by atoms with Crippen LogP contribution in [-0.4, -0.2) is 43.0 Å². The quantitative estimate of drug-likeness (QED) is 0.651. The van der Waals surface area contributed by atoms with Crippen molar-refractivity contribution in [2.24, 2.45) is 5.41 Å². The van der Waals surface area contributed by atoms with Crippen LogP contribution in [0.25, 0.3) is 0 Å². The summed E-state index contributed by atoms with van der Waals surface area (Å²) in [6.45, 7) is 14.7. The van der Waals surface area contributed by atoms with Crippen LogP contribution >= 0.6 is 0 Å². The Balaban J connectivity index is 3.17. The van der Waals surface area contributed by atoms with E-state index in [-0.39, 0.29) is 29.4 Å². The Bertz CT molecular complexity index is 693. The normalized spacial score (nSPS) is 12.5. The number of urea groups is 1. The Kier molecular flexibility index (Phi) is 8.99. The zero-order valence-corrected chi connectivity index (χ0v) is 19.7. The van der Waals surface area contributed by atoms with Crippen molar-refractivity contribution in [3.8, 4) is 0 Å². The highest BCUT2D eigenvalue weighted by Gasteiger charge is 2.22. The van der Waals surface area contributed by atoms with Crippen LogP contribution in [0.2, 0.25) is 0 Å². The monoisotopic (exact) mass is 404 g/mol. The summed E-state index contributed by atoms with van der Waals surface area (Å²) >= 11 is 0. The van der Waals surface area contributed by atoms with Crippen molar-refractivity contribution in [3.05, 3.63) is 23.8 Å². The van der Waals surface area contributed by atoms with Crippen molar-refractivity contribution in [2.45, 2.75) is 79.9 Å². The van der Waals surface area contributed by atoms with Crippen LogP contribution in [0.15, 0.2) is 18.2 Å². The summed E-state index contributed by atoms with van der Waals surface area (Å²) in [5, 5.41) is 6.01. The first-order chi connectivity index (χ1) is 13.3. The predicted molar refractivity (Wildman–Crippen MR) is 122 cm³/mol. The molecule has 2 N–H and O–H groups in total. The van der Waals surface area contributed by atoms with E-state index in [2.05, 4.69) is 24.5 Å². The summed E-state index contributed by atoms with van der Waals surface area (Å²) in [5.41, 5.74) is 2.72. The molecule has 0 aliphatic heterocycles. The fourth-order valence-electron chi connectivity index (χ4n) is 3.07. The van der Waals surface area contributed by atoms with E-state index >= 15 is 0 Å². The zero-order valence-electron chi connectivity index (χ0n) is 19.7. The third kappa shape index (κ3) is 8.34. The van der Waals surface area contributed by atoms with Gasteiger partial charge in [-0.25, -0.2) is 4.79 Å². The first-order valence-corrected chi connectivity index (χ1v) is 10.5. The van der Waals surface area contributed by atoms with Crippen LogP contribution < -0.4 is 15.5 Å². The molecule has 1 rings (SSSR count). The van der Waals surface area contributed by atoms with Gasteiger partial charge in [-0.3, -0.25) is 4.79 Å². The Morgan fingerprint density at radius 1 is 1.10 bits per heavy atom. The standard InChI is InChI=1S/C23H40N4O2/c1-10-17(4)27(22(29)24-16(2)3)15-18-13-19(11-12-20(18)26(8)9)25-21(28)14-23(5,6)7/h11-13,16-17H,10,14-15H2,1-9H3,(H,24,29)(H,25,28)/t17-/m1/s1. The molecule has 0 aliphatic rings. The summed E-state index contributed by atoms with van der Waals surface area (Å²) in [5.74, 6) is -0.00242. The highest BCUT2D eigenvalue weighted by atomic mass is 16.2. The number of rotatable bonds is 8. The van der Waals surface area contributed by atoms with Crippen LogP contribution in [0.3, 0.4) is 0 Å². The maximum absolute atomic E-state index is 12.8. The van der Waals surface area contributed by atoms with Gasteiger partial charge in [-0.2, -0.15) is 0 Å². The van der Waals surface area contributed by atoms with E-state index in [9.17, 15) is 9.59 Å². The second-order valence-corrected chi connectivity index (χ2v) is 9.51. The Hall–Kier alpha value is -2.24. The van der Waals surface area contributed by atoms with Crippen LogP contribution in [0.1, 0.15) is 66.9 Å². The molecule has 0 heterocycles. The van der Waals surface area contributed by atoms with Crippen molar-refractivity contribution in [3.63, 3.8) is 0 Å². The number of hydrogen-bond donors (Lipinski definition) is 2. The molecule has 0 aromatic heterocycles. The van der Waals surface area contributed by atoms with E-state index in [0.717, 1.165) is 23.4 Å². The highest BCUT2D eigenvalue weighted by molar-refractivity contribution is 5.91. The van der Waals surface area contributed by atoms with Gasteiger partial charge in [0.1, 0.15) is 0 Å². The first kappa shape index (κ1) is 24.8. The minimum absolute atomic E-state index is 0.00242. The maximum atomic E-state index is 12.8. The van der Waals surface area contributed by atoms with Crippen molar-refractivity contribution in [2.75, 3.05) is 24.3 Å².